The second-order valence-corrected chi connectivity index (χ2v) is 4.74. The molecule has 1 aromatic rings. The minimum absolute atomic E-state index is 0.0320. The molecule has 1 unspecified atom stereocenters. The minimum Gasteiger partial charge on any atom is -0.379 e. The Balaban J connectivity index is 2.01. The molecule has 0 aliphatic carbocycles. The van der Waals surface area contributed by atoms with Gasteiger partial charge in [-0.2, -0.15) is 4.37 Å². The van der Waals surface area contributed by atoms with E-state index in [0.29, 0.717) is 0 Å². The Morgan fingerprint density at radius 3 is 3.00 bits per heavy atom. The van der Waals surface area contributed by atoms with Gasteiger partial charge in [-0.05, 0) is 26.7 Å². The van der Waals surface area contributed by atoms with Crippen LogP contribution in [-0.2, 0) is 4.74 Å². The summed E-state index contributed by atoms with van der Waals surface area (Å²) in [5.41, 5.74) is 0.0320. The normalized spacial score (nSPS) is 27.6. The van der Waals surface area contributed by atoms with Crippen LogP contribution in [-0.4, -0.2) is 28.1 Å². The summed E-state index contributed by atoms with van der Waals surface area (Å²) in [6, 6.07) is 0. The Bertz CT molecular complexity index is 307. The Morgan fingerprint density at radius 2 is 2.43 bits per heavy atom. The number of rotatable bonds is 2. The molecule has 14 heavy (non-hydrogen) atoms. The molecule has 1 aliphatic rings. The number of nitrogens with zero attached hydrogens (tertiary/aromatic N) is 2. The smallest absolute Gasteiger partial charge is 0.203 e. The molecule has 1 saturated heterocycles. The monoisotopic (exact) mass is 213 g/mol. The third kappa shape index (κ3) is 2.22. The maximum absolute atomic E-state index is 5.46. The summed E-state index contributed by atoms with van der Waals surface area (Å²) < 4.78 is 9.60. The lowest BCUT2D eigenvalue weighted by Gasteiger charge is -2.33. The average Bonchev–Trinajstić information content (AvgIpc) is 2.51. The van der Waals surface area contributed by atoms with Crippen molar-refractivity contribution in [3.63, 3.8) is 0 Å². The molecule has 1 atom stereocenters. The fourth-order valence-corrected chi connectivity index (χ4v) is 2.36. The van der Waals surface area contributed by atoms with E-state index >= 15 is 0 Å². The van der Waals surface area contributed by atoms with E-state index in [1.165, 1.54) is 11.5 Å². The predicted molar refractivity (Wildman–Crippen MR) is 56.7 cm³/mol. The number of ether oxygens (including phenoxy) is 1. The molecule has 5 heteroatoms. The molecule has 0 saturated carbocycles. The van der Waals surface area contributed by atoms with Crippen molar-refractivity contribution in [1.82, 2.24) is 9.36 Å². The highest BCUT2D eigenvalue weighted by Crippen LogP contribution is 2.24. The van der Waals surface area contributed by atoms with Crippen molar-refractivity contribution >= 4 is 16.7 Å². The molecule has 1 aliphatic heterocycles. The van der Waals surface area contributed by atoms with E-state index in [0.717, 1.165) is 37.0 Å². The fraction of sp³-hybridized carbons (Fsp3) is 0.778. The van der Waals surface area contributed by atoms with Gasteiger partial charge in [-0.15, -0.1) is 0 Å². The van der Waals surface area contributed by atoms with E-state index in [2.05, 4.69) is 21.6 Å². The van der Waals surface area contributed by atoms with Crippen molar-refractivity contribution in [2.75, 3.05) is 18.5 Å². The van der Waals surface area contributed by atoms with Gasteiger partial charge in [0.2, 0.25) is 5.13 Å². The lowest BCUT2D eigenvalue weighted by Crippen LogP contribution is -2.42. The van der Waals surface area contributed by atoms with E-state index < -0.39 is 0 Å². The van der Waals surface area contributed by atoms with E-state index in [-0.39, 0.29) is 5.54 Å². The third-order valence-electron chi connectivity index (χ3n) is 2.37. The number of anilines is 1. The van der Waals surface area contributed by atoms with Crippen LogP contribution in [0.25, 0.3) is 0 Å². The molecular formula is C9H15N3OS. The summed E-state index contributed by atoms with van der Waals surface area (Å²) in [7, 11) is 0. The van der Waals surface area contributed by atoms with Gasteiger partial charge in [0.25, 0.3) is 0 Å². The van der Waals surface area contributed by atoms with Crippen molar-refractivity contribution in [1.29, 1.82) is 0 Å². The van der Waals surface area contributed by atoms with E-state index in [1.807, 2.05) is 6.92 Å². The lowest BCUT2D eigenvalue weighted by atomic mass is 9.95. The molecule has 0 spiro atoms. The second-order valence-electron chi connectivity index (χ2n) is 3.99. The van der Waals surface area contributed by atoms with Gasteiger partial charge in [-0.25, -0.2) is 4.98 Å². The number of nitrogens with one attached hydrogen (secondary N) is 1. The van der Waals surface area contributed by atoms with E-state index in [9.17, 15) is 0 Å². The van der Waals surface area contributed by atoms with Crippen LogP contribution in [0, 0.1) is 6.92 Å². The highest BCUT2D eigenvalue weighted by atomic mass is 32.1. The number of aromatic nitrogens is 2. The Kier molecular flexibility index (Phi) is 2.69. The first-order valence-electron chi connectivity index (χ1n) is 4.84. The van der Waals surface area contributed by atoms with Gasteiger partial charge in [0.15, 0.2) is 0 Å². The van der Waals surface area contributed by atoms with Crippen LogP contribution < -0.4 is 5.32 Å². The van der Waals surface area contributed by atoms with Crippen molar-refractivity contribution in [3.8, 4) is 0 Å². The van der Waals surface area contributed by atoms with Gasteiger partial charge in [0, 0.05) is 18.1 Å². The Morgan fingerprint density at radius 1 is 1.57 bits per heavy atom. The SMILES string of the molecule is Cc1nsc(NC2(C)CCCOC2)n1. The first-order valence-corrected chi connectivity index (χ1v) is 5.62. The molecule has 0 amide bonds. The molecule has 1 fully saturated rings. The molecule has 1 aromatic heterocycles. The van der Waals surface area contributed by atoms with Gasteiger partial charge < -0.3 is 10.1 Å². The fourth-order valence-electron chi connectivity index (χ4n) is 1.64. The summed E-state index contributed by atoms with van der Waals surface area (Å²) >= 11 is 1.41. The van der Waals surface area contributed by atoms with Crippen LogP contribution in [0.3, 0.4) is 0 Å². The number of hydrogen-bond acceptors (Lipinski definition) is 5. The molecule has 78 valence electrons. The first kappa shape index (κ1) is 9.86. The van der Waals surface area contributed by atoms with E-state index in [1.54, 1.807) is 0 Å². The highest BCUT2D eigenvalue weighted by Gasteiger charge is 2.28. The summed E-state index contributed by atoms with van der Waals surface area (Å²) in [6.45, 7) is 5.71. The van der Waals surface area contributed by atoms with Crippen LogP contribution in [0.5, 0.6) is 0 Å². The summed E-state index contributed by atoms with van der Waals surface area (Å²) in [4.78, 5) is 4.29. The quantitative estimate of drug-likeness (QED) is 0.814. The van der Waals surface area contributed by atoms with Crippen molar-refractivity contribution in [3.05, 3.63) is 5.82 Å². The van der Waals surface area contributed by atoms with Crippen LogP contribution in [0.1, 0.15) is 25.6 Å². The highest BCUT2D eigenvalue weighted by molar-refractivity contribution is 7.09. The number of aryl methyl sites for hydroxylation is 1. The molecular weight excluding hydrogens is 198 g/mol. The van der Waals surface area contributed by atoms with Gasteiger partial charge in [-0.3, -0.25) is 0 Å². The molecule has 2 heterocycles. The zero-order chi connectivity index (χ0) is 10.0. The van der Waals surface area contributed by atoms with E-state index in [4.69, 9.17) is 4.74 Å². The largest absolute Gasteiger partial charge is 0.379 e. The molecule has 0 bridgehead atoms. The minimum atomic E-state index is 0.0320. The van der Waals surface area contributed by atoms with Crippen LogP contribution in [0.2, 0.25) is 0 Å². The molecule has 4 nitrogen and oxygen atoms in total. The van der Waals surface area contributed by atoms with Crippen molar-refractivity contribution < 1.29 is 4.74 Å². The van der Waals surface area contributed by atoms with Gasteiger partial charge >= 0.3 is 0 Å². The van der Waals surface area contributed by atoms with Gasteiger partial charge in [0.1, 0.15) is 5.82 Å². The Labute approximate surface area is 87.9 Å². The lowest BCUT2D eigenvalue weighted by molar-refractivity contribution is 0.0540. The number of hydrogen-bond donors (Lipinski definition) is 1. The maximum Gasteiger partial charge on any atom is 0.203 e. The van der Waals surface area contributed by atoms with Crippen LogP contribution in [0.4, 0.5) is 5.13 Å². The van der Waals surface area contributed by atoms with Crippen LogP contribution in [0.15, 0.2) is 0 Å². The van der Waals surface area contributed by atoms with Gasteiger partial charge in [0.05, 0.1) is 12.1 Å². The molecule has 0 radical (unpaired) electrons. The van der Waals surface area contributed by atoms with Crippen molar-refractivity contribution in [2.45, 2.75) is 32.2 Å². The molecule has 0 aromatic carbocycles. The summed E-state index contributed by atoms with van der Waals surface area (Å²) in [6.07, 6.45) is 2.24. The standard InChI is InChI=1S/C9H15N3OS/c1-7-10-8(14-12-7)11-9(2)4-3-5-13-6-9/h3-6H2,1-2H3,(H,10,11,12). The second kappa shape index (κ2) is 3.82. The average molecular weight is 213 g/mol. The predicted octanol–water partition coefficient (Wildman–Crippen LogP) is 1.83. The third-order valence-corrected chi connectivity index (χ3v) is 3.10. The Hall–Kier alpha value is -0.680. The maximum atomic E-state index is 5.46. The topological polar surface area (TPSA) is 47.0 Å². The molecule has 2 rings (SSSR count). The first-order chi connectivity index (χ1) is 6.68. The summed E-state index contributed by atoms with van der Waals surface area (Å²) in [5.74, 6) is 0.831. The zero-order valence-corrected chi connectivity index (χ0v) is 9.36. The van der Waals surface area contributed by atoms with Crippen molar-refractivity contribution in [2.24, 2.45) is 0 Å². The zero-order valence-electron chi connectivity index (χ0n) is 8.54. The van der Waals surface area contributed by atoms with Gasteiger partial charge in [-0.1, -0.05) is 0 Å². The van der Waals surface area contributed by atoms with Crippen LogP contribution >= 0.6 is 11.5 Å². The molecule has 1 N–H and O–H groups in total. The summed E-state index contributed by atoms with van der Waals surface area (Å²) in [5, 5.41) is 4.30.